The summed E-state index contributed by atoms with van der Waals surface area (Å²) in [4.78, 5) is 30.6. The standard InChI is InChI=1S/C21H23FN6O/c22-16-3-8-24-21(29)15(16)11-13-5-9-28(10-6-13)20-19(25-14-1-2-14)26-17-4-7-23-12-18(17)27-20/h3-4,7-8,12-14H,1-2,5-6,9-11H2,(H,24,29)(H,25,26). The summed E-state index contributed by atoms with van der Waals surface area (Å²) in [6.45, 7) is 1.60. The predicted octanol–water partition coefficient (Wildman–Crippen LogP) is 2.89. The zero-order valence-corrected chi connectivity index (χ0v) is 16.1. The molecule has 8 heteroatoms. The van der Waals surface area contributed by atoms with Gasteiger partial charge in [0.25, 0.3) is 5.56 Å². The summed E-state index contributed by atoms with van der Waals surface area (Å²) < 4.78 is 14.0. The van der Waals surface area contributed by atoms with Crippen LogP contribution < -0.4 is 15.8 Å². The molecule has 150 valence electrons. The molecule has 7 nitrogen and oxygen atoms in total. The molecule has 0 aromatic carbocycles. The molecule has 3 aromatic rings. The third-order valence-corrected chi connectivity index (χ3v) is 5.78. The van der Waals surface area contributed by atoms with Crippen molar-refractivity contribution in [1.82, 2.24) is 19.9 Å². The number of anilines is 2. The molecular formula is C21H23FN6O. The van der Waals surface area contributed by atoms with Gasteiger partial charge in [-0.3, -0.25) is 9.78 Å². The molecule has 0 unspecified atom stereocenters. The molecule has 2 fully saturated rings. The van der Waals surface area contributed by atoms with Gasteiger partial charge in [0.2, 0.25) is 0 Å². The van der Waals surface area contributed by atoms with Crippen molar-refractivity contribution in [2.75, 3.05) is 23.3 Å². The number of H-pyrrole nitrogens is 1. The molecule has 0 atom stereocenters. The minimum Gasteiger partial charge on any atom is -0.364 e. The maximum Gasteiger partial charge on any atom is 0.254 e. The summed E-state index contributed by atoms with van der Waals surface area (Å²) in [6.07, 6.45) is 9.37. The van der Waals surface area contributed by atoms with Crippen LogP contribution >= 0.6 is 0 Å². The van der Waals surface area contributed by atoms with E-state index in [1.165, 1.54) is 12.3 Å². The van der Waals surface area contributed by atoms with E-state index in [-0.39, 0.29) is 17.0 Å². The van der Waals surface area contributed by atoms with E-state index < -0.39 is 5.82 Å². The van der Waals surface area contributed by atoms with Crippen molar-refractivity contribution in [2.24, 2.45) is 5.92 Å². The van der Waals surface area contributed by atoms with E-state index in [2.05, 4.69) is 20.2 Å². The molecule has 4 heterocycles. The van der Waals surface area contributed by atoms with Gasteiger partial charge in [0.15, 0.2) is 11.6 Å². The second-order valence-electron chi connectivity index (χ2n) is 7.95. The van der Waals surface area contributed by atoms with Crippen molar-refractivity contribution < 1.29 is 4.39 Å². The van der Waals surface area contributed by atoms with Crippen LogP contribution in [0, 0.1) is 11.7 Å². The summed E-state index contributed by atoms with van der Waals surface area (Å²) in [7, 11) is 0. The van der Waals surface area contributed by atoms with Crippen LogP contribution in [0.15, 0.2) is 35.5 Å². The van der Waals surface area contributed by atoms with E-state index in [1.807, 2.05) is 6.07 Å². The normalized spacial score (nSPS) is 17.6. The first-order valence-electron chi connectivity index (χ1n) is 10.2. The van der Waals surface area contributed by atoms with Crippen LogP contribution in [-0.4, -0.2) is 39.1 Å². The van der Waals surface area contributed by atoms with E-state index in [4.69, 9.17) is 9.97 Å². The van der Waals surface area contributed by atoms with Crippen molar-refractivity contribution in [3.8, 4) is 0 Å². The van der Waals surface area contributed by atoms with Gasteiger partial charge < -0.3 is 15.2 Å². The molecule has 5 rings (SSSR count). The highest BCUT2D eigenvalue weighted by molar-refractivity contribution is 5.80. The summed E-state index contributed by atoms with van der Waals surface area (Å²) in [5, 5.41) is 3.51. The molecule has 1 saturated heterocycles. The molecule has 0 bridgehead atoms. The molecule has 1 aliphatic carbocycles. The molecule has 1 aliphatic heterocycles. The fourth-order valence-corrected chi connectivity index (χ4v) is 3.95. The van der Waals surface area contributed by atoms with Gasteiger partial charge in [0.1, 0.15) is 11.3 Å². The first kappa shape index (κ1) is 18.0. The Balaban J connectivity index is 1.35. The molecular weight excluding hydrogens is 371 g/mol. The van der Waals surface area contributed by atoms with Crippen LogP contribution in [0.3, 0.4) is 0 Å². The van der Waals surface area contributed by atoms with Gasteiger partial charge in [0, 0.05) is 31.5 Å². The van der Waals surface area contributed by atoms with E-state index in [0.717, 1.165) is 61.4 Å². The molecule has 3 aromatic heterocycles. The molecule has 0 amide bonds. The molecule has 2 aliphatic rings. The smallest absolute Gasteiger partial charge is 0.254 e. The number of halogens is 1. The van der Waals surface area contributed by atoms with Gasteiger partial charge in [0.05, 0.1) is 17.3 Å². The Morgan fingerprint density at radius 1 is 1.14 bits per heavy atom. The summed E-state index contributed by atoms with van der Waals surface area (Å²) in [5.74, 6) is 1.55. The lowest BCUT2D eigenvalue weighted by atomic mass is 9.90. The van der Waals surface area contributed by atoms with Crippen LogP contribution in [0.4, 0.5) is 16.0 Å². The lowest BCUT2D eigenvalue weighted by molar-refractivity contribution is 0.395. The van der Waals surface area contributed by atoms with Gasteiger partial charge in [-0.05, 0) is 50.2 Å². The largest absolute Gasteiger partial charge is 0.364 e. The number of hydrogen-bond donors (Lipinski definition) is 2. The zero-order chi connectivity index (χ0) is 19.8. The van der Waals surface area contributed by atoms with Crippen LogP contribution in [0.1, 0.15) is 31.2 Å². The van der Waals surface area contributed by atoms with Crippen molar-refractivity contribution in [3.05, 3.63) is 52.5 Å². The Morgan fingerprint density at radius 3 is 2.72 bits per heavy atom. The molecule has 0 radical (unpaired) electrons. The third kappa shape index (κ3) is 3.79. The summed E-state index contributed by atoms with van der Waals surface area (Å²) >= 11 is 0. The quantitative estimate of drug-likeness (QED) is 0.692. The molecule has 2 N–H and O–H groups in total. The van der Waals surface area contributed by atoms with Gasteiger partial charge in [-0.15, -0.1) is 0 Å². The third-order valence-electron chi connectivity index (χ3n) is 5.78. The Hall–Kier alpha value is -3.03. The van der Waals surface area contributed by atoms with Gasteiger partial charge >= 0.3 is 0 Å². The first-order valence-corrected chi connectivity index (χ1v) is 10.2. The van der Waals surface area contributed by atoms with E-state index in [0.29, 0.717) is 12.5 Å². The van der Waals surface area contributed by atoms with Crippen LogP contribution in [-0.2, 0) is 6.42 Å². The molecule has 0 spiro atoms. The summed E-state index contributed by atoms with van der Waals surface area (Å²) in [6, 6.07) is 3.68. The lowest BCUT2D eigenvalue weighted by Crippen LogP contribution is -2.36. The maximum atomic E-state index is 14.0. The fraction of sp³-hybridized carbons (Fsp3) is 0.429. The number of nitrogens with zero attached hydrogens (tertiary/aromatic N) is 4. The number of rotatable bonds is 5. The number of fused-ring (bicyclic) bond motifs is 1. The lowest BCUT2D eigenvalue weighted by Gasteiger charge is -2.33. The highest BCUT2D eigenvalue weighted by atomic mass is 19.1. The highest BCUT2D eigenvalue weighted by Gasteiger charge is 2.28. The van der Waals surface area contributed by atoms with Crippen molar-refractivity contribution >= 4 is 22.7 Å². The van der Waals surface area contributed by atoms with Gasteiger partial charge in [-0.2, -0.15) is 0 Å². The number of aromatic nitrogens is 4. The minimum absolute atomic E-state index is 0.263. The average Bonchev–Trinajstić information content (AvgIpc) is 3.55. The zero-order valence-electron chi connectivity index (χ0n) is 16.1. The average molecular weight is 394 g/mol. The van der Waals surface area contributed by atoms with Crippen molar-refractivity contribution in [3.63, 3.8) is 0 Å². The van der Waals surface area contributed by atoms with Gasteiger partial charge in [-0.1, -0.05) is 0 Å². The Kier molecular flexibility index (Phi) is 4.61. The van der Waals surface area contributed by atoms with Crippen LogP contribution in [0.5, 0.6) is 0 Å². The Morgan fingerprint density at radius 2 is 1.97 bits per heavy atom. The summed E-state index contributed by atoms with van der Waals surface area (Å²) in [5.41, 5.74) is 1.55. The van der Waals surface area contributed by atoms with Crippen molar-refractivity contribution in [1.29, 1.82) is 0 Å². The maximum absolute atomic E-state index is 14.0. The second kappa shape index (κ2) is 7.42. The number of pyridine rings is 2. The number of piperidine rings is 1. The van der Waals surface area contributed by atoms with Crippen molar-refractivity contribution in [2.45, 2.75) is 38.1 Å². The van der Waals surface area contributed by atoms with Crippen LogP contribution in [0.25, 0.3) is 11.0 Å². The Bertz CT molecular complexity index is 1090. The van der Waals surface area contributed by atoms with E-state index in [9.17, 15) is 9.18 Å². The number of hydrogen-bond acceptors (Lipinski definition) is 6. The number of aromatic amines is 1. The van der Waals surface area contributed by atoms with E-state index in [1.54, 1.807) is 12.4 Å². The SMILES string of the molecule is O=c1[nH]ccc(F)c1CC1CCN(c2nc3cnccc3nc2NC2CC2)CC1. The second-order valence-corrected chi connectivity index (χ2v) is 7.95. The minimum atomic E-state index is -0.417. The fourth-order valence-electron chi connectivity index (χ4n) is 3.95. The highest BCUT2D eigenvalue weighted by Crippen LogP contribution is 2.33. The molecule has 1 saturated carbocycles. The van der Waals surface area contributed by atoms with Crippen LogP contribution in [0.2, 0.25) is 0 Å². The topological polar surface area (TPSA) is 86.8 Å². The van der Waals surface area contributed by atoms with E-state index >= 15 is 0 Å². The van der Waals surface area contributed by atoms with Gasteiger partial charge in [-0.25, -0.2) is 14.4 Å². The number of nitrogens with one attached hydrogen (secondary N) is 2. The monoisotopic (exact) mass is 394 g/mol. The first-order chi connectivity index (χ1) is 14.2. The Labute approximate surface area is 167 Å². The predicted molar refractivity (Wildman–Crippen MR) is 110 cm³/mol. The molecule has 29 heavy (non-hydrogen) atoms.